The molecule has 0 aromatic rings. The van der Waals surface area contributed by atoms with Gasteiger partial charge < -0.3 is 15.0 Å². The summed E-state index contributed by atoms with van der Waals surface area (Å²) in [5.74, 6) is 1.24. The molecule has 2 aliphatic heterocycles. The van der Waals surface area contributed by atoms with Gasteiger partial charge in [0.1, 0.15) is 0 Å². The van der Waals surface area contributed by atoms with E-state index in [1.54, 1.807) is 0 Å². The Morgan fingerprint density at radius 2 is 2.00 bits per heavy atom. The van der Waals surface area contributed by atoms with Gasteiger partial charge in [0, 0.05) is 19.7 Å². The SMILES string of the molecule is CC1CC(C)CN(C(=O)NC2CCOC2)C1. The van der Waals surface area contributed by atoms with E-state index >= 15 is 0 Å². The Balaban J connectivity index is 1.83. The lowest BCUT2D eigenvalue weighted by molar-refractivity contribution is 0.140. The molecule has 2 fully saturated rings. The minimum absolute atomic E-state index is 0.0916. The normalized spacial score (nSPS) is 35.1. The molecule has 0 aromatic heterocycles. The molecule has 4 nitrogen and oxygen atoms in total. The van der Waals surface area contributed by atoms with E-state index in [0.717, 1.165) is 26.1 Å². The average Bonchev–Trinajstić information content (AvgIpc) is 2.68. The van der Waals surface area contributed by atoms with Crippen molar-refractivity contribution in [1.29, 1.82) is 0 Å². The molecule has 0 radical (unpaired) electrons. The van der Waals surface area contributed by atoms with Gasteiger partial charge in [0.05, 0.1) is 12.6 Å². The van der Waals surface area contributed by atoms with E-state index in [1.807, 2.05) is 4.90 Å². The number of urea groups is 1. The van der Waals surface area contributed by atoms with Gasteiger partial charge in [-0.3, -0.25) is 0 Å². The van der Waals surface area contributed by atoms with Crippen molar-refractivity contribution in [2.24, 2.45) is 11.8 Å². The van der Waals surface area contributed by atoms with Crippen LogP contribution in [-0.4, -0.2) is 43.3 Å². The molecule has 2 heterocycles. The topological polar surface area (TPSA) is 41.6 Å². The van der Waals surface area contributed by atoms with Gasteiger partial charge in [-0.1, -0.05) is 13.8 Å². The largest absolute Gasteiger partial charge is 0.379 e. The molecule has 16 heavy (non-hydrogen) atoms. The number of ether oxygens (including phenoxy) is 1. The molecular formula is C12H22N2O2. The lowest BCUT2D eigenvalue weighted by Crippen LogP contribution is -2.50. The van der Waals surface area contributed by atoms with Gasteiger partial charge >= 0.3 is 6.03 Å². The first-order valence-electron chi connectivity index (χ1n) is 6.28. The highest BCUT2D eigenvalue weighted by Crippen LogP contribution is 2.21. The number of piperidine rings is 1. The standard InChI is InChI=1S/C12H22N2O2/c1-9-5-10(2)7-14(6-9)12(15)13-11-3-4-16-8-11/h9-11H,3-8H2,1-2H3,(H,13,15). The van der Waals surface area contributed by atoms with E-state index in [2.05, 4.69) is 19.2 Å². The van der Waals surface area contributed by atoms with Crippen molar-refractivity contribution < 1.29 is 9.53 Å². The summed E-state index contributed by atoms with van der Waals surface area (Å²) in [6, 6.07) is 0.314. The zero-order valence-electron chi connectivity index (χ0n) is 10.2. The third-order valence-electron chi connectivity index (χ3n) is 3.41. The van der Waals surface area contributed by atoms with Crippen molar-refractivity contribution in [2.45, 2.75) is 32.7 Å². The van der Waals surface area contributed by atoms with E-state index in [9.17, 15) is 4.79 Å². The minimum atomic E-state index is 0.0916. The monoisotopic (exact) mass is 226 g/mol. The molecule has 0 spiro atoms. The number of hydrogen-bond acceptors (Lipinski definition) is 2. The molecule has 0 bridgehead atoms. The van der Waals surface area contributed by atoms with Crippen LogP contribution in [0.3, 0.4) is 0 Å². The highest BCUT2D eigenvalue weighted by atomic mass is 16.5. The number of carbonyl (C=O) groups is 1. The Morgan fingerprint density at radius 3 is 2.56 bits per heavy atom. The number of amides is 2. The van der Waals surface area contributed by atoms with E-state index in [1.165, 1.54) is 6.42 Å². The van der Waals surface area contributed by atoms with Gasteiger partial charge in [-0.25, -0.2) is 4.79 Å². The molecule has 2 amide bonds. The summed E-state index contributed by atoms with van der Waals surface area (Å²) in [5, 5.41) is 3.05. The first-order valence-corrected chi connectivity index (χ1v) is 6.28. The number of nitrogens with zero attached hydrogens (tertiary/aromatic N) is 1. The van der Waals surface area contributed by atoms with Crippen LogP contribution in [0.1, 0.15) is 26.7 Å². The van der Waals surface area contributed by atoms with Gasteiger partial charge in [-0.05, 0) is 24.7 Å². The molecule has 2 rings (SSSR count). The second-order valence-electron chi connectivity index (χ2n) is 5.36. The maximum Gasteiger partial charge on any atom is 0.317 e. The molecule has 1 N–H and O–H groups in total. The lowest BCUT2D eigenvalue weighted by atomic mass is 9.92. The fourth-order valence-corrected chi connectivity index (χ4v) is 2.74. The van der Waals surface area contributed by atoms with Crippen molar-refractivity contribution in [2.75, 3.05) is 26.3 Å². The Bertz CT molecular complexity index is 241. The quantitative estimate of drug-likeness (QED) is 0.735. The van der Waals surface area contributed by atoms with Crippen LogP contribution in [0.15, 0.2) is 0 Å². The number of carbonyl (C=O) groups excluding carboxylic acids is 1. The highest BCUT2D eigenvalue weighted by molar-refractivity contribution is 5.74. The maximum atomic E-state index is 12.0. The number of nitrogens with one attached hydrogen (secondary N) is 1. The molecule has 4 heteroatoms. The second kappa shape index (κ2) is 5.04. The first-order chi connectivity index (χ1) is 7.65. The zero-order valence-corrected chi connectivity index (χ0v) is 10.2. The van der Waals surface area contributed by atoms with Crippen molar-refractivity contribution in [3.8, 4) is 0 Å². The van der Waals surface area contributed by atoms with Crippen LogP contribution in [0, 0.1) is 11.8 Å². The molecule has 0 aromatic carbocycles. The summed E-state index contributed by atoms with van der Waals surface area (Å²) in [5.41, 5.74) is 0. The van der Waals surface area contributed by atoms with Gasteiger partial charge in [-0.15, -0.1) is 0 Å². The maximum absolute atomic E-state index is 12.0. The third-order valence-corrected chi connectivity index (χ3v) is 3.41. The Morgan fingerprint density at radius 1 is 1.31 bits per heavy atom. The van der Waals surface area contributed by atoms with Crippen LogP contribution in [0.2, 0.25) is 0 Å². The summed E-state index contributed by atoms with van der Waals surface area (Å²) < 4.78 is 5.25. The fraction of sp³-hybridized carbons (Fsp3) is 0.917. The van der Waals surface area contributed by atoms with Crippen molar-refractivity contribution in [3.63, 3.8) is 0 Å². The smallest absolute Gasteiger partial charge is 0.317 e. The van der Waals surface area contributed by atoms with E-state index in [-0.39, 0.29) is 12.1 Å². The number of rotatable bonds is 1. The predicted molar refractivity (Wildman–Crippen MR) is 62.3 cm³/mol. The third kappa shape index (κ3) is 2.88. The summed E-state index contributed by atoms with van der Waals surface area (Å²) in [6.45, 7) is 7.67. The lowest BCUT2D eigenvalue weighted by Gasteiger charge is -2.35. The average molecular weight is 226 g/mol. The summed E-state index contributed by atoms with van der Waals surface area (Å²) >= 11 is 0. The van der Waals surface area contributed by atoms with Gasteiger partial charge in [0.2, 0.25) is 0 Å². The summed E-state index contributed by atoms with van der Waals surface area (Å²) in [6.07, 6.45) is 2.18. The van der Waals surface area contributed by atoms with Crippen molar-refractivity contribution >= 4 is 6.03 Å². The molecule has 0 saturated carbocycles. The van der Waals surface area contributed by atoms with Crippen LogP contribution in [0.25, 0.3) is 0 Å². The number of likely N-dealkylation sites (tertiary alicyclic amines) is 1. The van der Waals surface area contributed by atoms with Crippen LogP contribution >= 0.6 is 0 Å². The zero-order chi connectivity index (χ0) is 11.5. The van der Waals surface area contributed by atoms with E-state index in [4.69, 9.17) is 4.74 Å². The minimum Gasteiger partial charge on any atom is -0.379 e. The van der Waals surface area contributed by atoms with Crippen LogP contribution in [0.4, 0.5) is 4.79 Å². The van der Waals surface area contributed by atoms with Gasteiger partial charge in [0.15, 0.2) is 0 Å². The van der Waals surface area contributed by atoms with Crippen LogP contribution in [0.5, 0.6) is 0 Å². The molecule has 0 aliphatic carbocycles. The van der Waals surface area contributed by atoms with E-state index in [0.29, 0.717) is 18.4 Å². The van der Waals surface area contributed by atoms with E-state index < -0.39 is 0 Å². The molecule has 2 saturated heterocycles. The Hall–Kier alpha value is -0.770. The molecule has 3 atom stereocenters. The Kier molecular flexibility index (Phi) is 3.69. The Labute approximate surface area is 97.3 Å². The summed E-state index contributed by atoms with van der Waals surface area (Å²) in [4.78, 5) is 14.0. The molecule has 3 unspecified atom stereocenters. The number of hydrogen-bond donors (Lipinski definition) is 1. The second-order valence-corrected chi connectivity index (χ2v) is 5.36. The summed E-state index contributed by atoms with van der Waals surface area (Å²) in [7, 11) is 0. The first kappa shape index (κ1) is 11.7. The predicted octanol–water partition coefficient (Wildman–Crippen LogP) is 1.46. The molecule has 92 valence electrons. The molecular weight excluding hydrogens is 204 g/mol. The fourth-order valence-electron chi connectivity index (χ4n) is 2.74. The van der Waals surface area contributed by atoms with Crippen molar-refractivity contribution in [3.05, 3.63) is 0 Å². The van der Waals surface area contributed by atoms with Crippen LogP contribution < -0.4 is 5.32 Å². The highest BCUT2D eigenvalue weighted by Gasteiger charge is 2.27. The molecule has 2 aliphatic rings. The van der Waals surface area contributed by atoms with Crippen molar-refractivity contribution in [1.82, 2.24) is 10.2 Å². The van der Waals surface area contributed by atoms with Gasteiger partial charge in [0.25, 0.3) is 0 Å². The van der Waals surface area contributed by atoms with Gasteiger partial charge in [-0.2, -0.15) is 0 Å². The van der Waals surface area contributed by atoms with Crippen LogP contribution in [-0.2, 0) is 4.74 Å².